The third kappa shape index (κ3) is 61.0. The smallest absolute Gasteiger partial charge is 0.249 e. The van der Waals surface area contributed by atoms with E-state index in [9.17, 15) is 24.9 Å². The summed E-state index contributed by atoms with van der Waals surface area (Å²) in [6.45, 7) is 13.1. The minimum absolute atomic E-state index is 0.0817. The molecule has 0 spiro atoms. The van der Waals surface area contributed by atoms with Crippen molar-refractivity contribution in [1.82, 2.24) is 10.6 Å². The molecule has 0 aromatic carbocycles. The van der Waals surface area contributed by atoms with Crippen LogP contribution in [0.15, 0.2) is 12.2 Å². The largest absolute Gasteiger partial charge is 0.391 e. The first kappa shape index (κ1) is 79.6. The van der Waals surface area contributed by atoms with Crippen LogP contribution in [0.3, 0.4) is 0 Å². The van der Waals surface area contributed by atoms with Crippen LogP contribution in [0.5, 0.6) is 0 Å². The zero-order chi connectivity index (χ0) is 58.2. The van der Waals surface area contributed by atoms with Crippen LogP contribution in [-0.2, 0) is 9.59 Å². The molecule has 2 amide bonds. The van der Waals surface area contributed by atoms with Crippen molar-refractivity contribution in [3.8, 4) is 0 Å². The van der Waals surface area contributed by atoms with Crippen LogP contribution >= 0.6 is 0 Å². The number of rotatable bonds is 63. The Labute approximate surface area is 495 Å². The fraction of sp³-hybridized carbons (Fsp3) is 0.944. The van der Waals surface area contributed by atoms with Crippen molar-refractivity contribution in [3.63, 3.8) is 0 Å². The molecule has 0 bridgehead atoms. The van der Waals surface area contributed by atoms with E-state index < -0.39 is 18.3 Å². The van der Waals surface area contributed by atoms with Crippen molar-refractivity contribution >= 4 is 11.8 Å². The van der Waals surface area contributed by atoms with Gasteiger partial charge in [0.1, 0.15) is 6.10 Å². The maximum atomic E-state index is 12.5. The van der Waals surface area contributed by atoms with Gasteiger partial charge in [-0.15, -0.1) is 0 Å². The molecular formula is C72H144N2O5. The van der Waals surface area contributed by atoms with Gasteiger partial charge in [-0.3, -0.25) is 9.59 Å². The lowest BCUT2D eigenvalue weighted by Gasteiger charge is -2.24. The highest BCUT2D eigenvalue weighted by molar-refractivity contribution is 5.80. The number of allylic oxidation sites excluding steroid dienone is 2. The standard InChI is InChI=1S/C37H73NO3.C35H71NO2/c1-4-7-9-11-13-15-17-19-20-21-23-24-26-28-30-32-35(39)34(6-3)38-37(41)36(40)33-31-29-27-25-22-18-16-14-12-10-8-5-2;1-4-7-9-11-13-15-17-19-21-23-25-27-29-31-34(37)33(6-3)36-35(38)32-30-28-26-24-22-20-18-16-14-12-10-8-5-2/h15,17,34-36,39-40H,4-14,16,18-33H2,1-3H3,(H,38,41);33-34,37H,4-32H2,1-3H3,(H,36,38)/b17-15-;. The average Bonchev–Trinajstić information content (AvgIpc) is 3.45. The molecule has 5 unspecified atom stereocenters. The van der Waals surface area contributed by atoms with Crippen molar-refractivity contribution < 1.29 is 24.9 Å². The lowest BCUT2D eigenvalue weighted by molar-refractivity contribution is -0.131. The molecular weight excluding hydrogens is 973 g/mol. The minimum Gasteiger partial charge on any atom is -0.391 e. The van der Waals surface area contributed by atoms with Gasteiger partial charge in [-0.1, -0.05) is 349 Å². The van der Waals surface area contributed by atoms with E-state index in [2.05, 4.69) is 57.4 Å². The van der Waals surface area contributed by atoms with Gasteiger partial charge < -0.3 is 26.0 Å². The van der Waals surface area contributed by atoms with Crippen LogP contribution < -0.4 is 10.6 Å². The van der Waals surface area contributed by atoms with Crippen molar-refractivity contribution in [3.05, 3.63) is 12.2 Å². The van der Waals surface area contributed by atoms with E-state index in [4.69, 9.17) is 0 Å². The summed E-state index contributed by atoms with van der Waals surface area (Å²) in [5.41, 5.74) is 0. The molecule has 0 saturated carbocycles. The van der Waals surface area contributed by atoms with Crippen LogP contribution in [0.4, 0.5) is 0 Å². The number of hydrogen-bond donors (Lipinski definition) is 5. The first-order valence-electron chi connectivity index (χ1n) is 36.0. The number of carbonyl (C=O) groups excluding carboxylic acids is 2. The number of carbonyl (C=O) groups is 2. The summed E-state index contributed by atoms with van der Waals surface area (Å²) in [4.78, 5) is 24.9. The second kappa shape index (κ2) is 67.4. The van der Waals surface area contributed by atoms with Crippen LogP contribution in [-0.4, -0.2) is 57.5 Å². The van der Waals surface area contributed by atoms with Crippen LogP contribution in [0.1, 0.15) is 408 Å². The molecule has 0 aliphatic rings. The van der Waals surface area contributed by atoms with E-state index in [0.717, 1.165) is 64.2 Å². The van der Waals surface area contributed by atoms with Crippen molar-refractivity contribution in [2.75, 3.05) is 0 Å². The molecule has 7 nitrogen and oxygen atoms in total. The SMILES string of the molecule is CCCCCC/C=C\CCCCCCCCCC(O)C(CC)NC(=O)C(O)CCCCCCCCCCCCCC.CCCCCCCCCCCCCCCC(=O)NC(CC)C(O)CCCCCCCCCCCCCCC. The molecule has 0 aromatic rings. The minimum atomic E-state index is -0.958. The molecule has 0 fully saturated rings. The summed E-state index contributed by atoms with van der Waals surface area (Å²) in [5, 5.41) is 37.6. The van der Waals surface area contributed by atoms with Gasteiger partial charge in [-0.25, -0.2) is 0 Å². The zero-order valence-electron chi connectivity index (χ0n) is 54.5. The van der Waals surface area contributed by atoms with E-state index in [-0.39, 0.29) is 23.9 Å². The number of aliphatic hydroxyl groups excluding tert-OH is 3. The summed E-state index contributed by atoms with van der Waals surface area (Å²) in [6, 6.07) is -0.347. The summed E-state index contributed by atoms with van der Waals surface area (Å²) >= 11 is 0. The summed E-state index contributed by atoms with van der Waals surface area (Å²) in [7, 11) is 0. The summed E-state index contributed by atoms with van der Waals surface area (Å²) in [5.74, 6) is -0.186. The first-order chi connectivity index (χ1) is 38.7. The third-order valence-electron chi connectivity index (χ3n) is 17.0. The fourth-order valence-corrected chi connectivity index (χ4v) is 11.3. The number of aliphatic hydroxyl groups is 3. The van der Waals surface area contributed by atoms with E-state index in [1.807, 2.05) is 6.92 Å². The Morgan fingerprint density at radius 1 is 0.304 bits per heavy atom. The first-order valence-corrected chi connectivity index (χ1v) is 36.0. The molecule has 0 aromatic heterocycles. The second-order valence-electron chi connectivity index (χ2n) is 24.8. The van der Waals surface area contributed by atoms with E-state index >= 15 is 0 Å². The van der Waals surface area contributed by atoms with Crippen molar-refractivity contribution in [2.45, 2.75) is 438 Å². The quantitative estimate of drug-likeness (QED) is 0.0307. The zero-order valence-corrected chi connectivity index (χ0v) is 54.5. The molecule has 0 aliphatic heterocycles. The van der Waals surface area contributed by atoms with Crippen LogP contribution in [0.2, 0.25) is 0 Å². The van der Waals surface area contributed by atoms with Gasteiger partial charge >= 0.3 is 0 Å². The van der Waals surface area contributed by atoms with Crippen molar-refractivity contribution in [2.24, 2.45) is 0 Å². The number of hydrogen-bond acceptors (Lipinski definition) is 5. The molecule has 0 rings (SSSR count). The van der Waals surface area contributed by atoms with Crippen molar-refractivity contribution in [1.29, 1.82) is 0 Å². The fourth-order valence-electron chi connectivity index (χ4n) is 11.3. The molecule has 472 valence electrons. The lowest BCUT2D eigenvalue weighted by atomic mass is 10.00. The molecule has 0 aliphatic carbocycles. The van der Waals surface area contributed by atoms with Gasteiger partial charge in [0.05, 0.1) is 24.3 Å². The Balaban J connectivity index is 0. The molecule has 0 radical (unpaired) electrons. The van der Waals surface area contributed by atoms with E-state index in [1.165, 1.54) is 283 Å². The summed E-state index contributed by atoms with van der Waals surface area (Å²) in [6.07, 6.45) is 73.4. The number of amides is 2. The number of nitrogens with one attached hydrogen (secondary N) is 2. The predicted molar refractivity (Wildman–Crippen MR) is 348 cm³/mol. The highest BCUT2D eigenvalue weighted by atomic mass is 16.3. The van der Waals surface area contributed by atoms with Gasteiger partial charge in [-0.2, -0.15) is 0 Å². The maximum Gasteiger partial charge on any atom is 0.249 e. The maximum absolute atomic E-state index is 12.5. The Bertz CT molecular complexity index is 1210. The summed E-state index contributed by atoms with van der Waals surface area (Å²) < 4.78 is 0. The Hall–Kier alpha value is -1.44. The lowest BCUT2D eigenvalue weighted by Crippen LogP contribution is -2.47. The molecule has 0 heterocycles. The Morgan fingerprint density at radius 2 is 0.544 bits per heavy atom. The normalized spacial score (nSPS) is 13.5. The third-order valence-corrected chi connectivity index (χ3v) is 17.0. The van der Waals surface area contributed by atoms with Gasteiger partial charge in [0.2, 0.25) is 11.8 Å². The van der Waals surface area contributed by atoms with Gasteiger partial charge in [0, 0.05) is 6.42 Å². The Morgan fingerprint density at radius 3 is 0.848 bits per heavy atom. The monoisotopic (exact) mass is 1120 g/mol. The Kier molecular flexibility index (Phi) is 67.9. The number of unbranched alkanes of at least 4 members (excludes halogenated alkanes) is 46. The van der Waals surface area contributed by atoms with E-state index in [0.29, 0.717) is 19.3 Å². The van der Waals surface area contributed by atoms with Gasteiger partial charge in [0.15, 0.2) is 0 Å². The molecule has 7 heteroatoms. The second-order valence-corrected chi connectivity index (χ2v) is 24.8. The topological polar surface area (TPSA) is 119 Å². The van der Waals surface area contributed by atoms with Gasteiger partial charge in [0.25, 0.3) is 0 Å². The van der Waals surface area contributed by atoms with E-state index in [1.54, 1.807) is 0 Å². The van der Waals surface area contributed by atoms with Gasteiger partial charge in [-0.05, 0) is 64.2 Å². The molecule has 79 heavy (non-hydrogen) atoms. The molecule has 5 N–H and O–H groups in total. The molecule has 0 saturated heterocycles. The highest BCUT2D eigenvalue weighted by Crippen LogP contribution is 2.19. The average molecular weight is 1120 g/mol. The van der Waals surface area contributed by atoms with Crippen LogP contribution in [0, 0.1) is 0 Å². The predicted octanol–water partition coefficient (Wildman–Crippen LogP) is 21.9. The molecule has 5 atom stereocenters. The highest BCUT2D eigenvalue weighted by Gasteiger charge is 2.23. The van der Waals surface area contributed by atoms with Crippen LogP contribution in [0.25, 0.3) is 0 Å².